The number of aliphatic carboxylic acids is 1. The molecule has 0 aliphatic carbocycles. The molecule has 5 heteroatoms. The van der Waals surface area contributed by atoms with Gasteiger partial charge in [0.2, 0.25) is 0 Å². The van der Waals surface area contributed by atoms with Gasteiger partial charge in [-0.2, -0.15) is 0 Å². The van der Waals surface area contributed by atoms with E-state index in [-0.39, 0.29) is 0 Å². The molecule has 2 N–H and O–H groups in total. The Kier molecular flexibility index (Phi) is 5.39. The van der Waals surface area contributed by atoms with Crippen molar-refractivity contribution in [3.8, 4) is 11.5 Å². The van der Waals surface area contributed by atoms with Crippen molar-refractivity contribution in [3.05, 3.63) is 23.8 Å². The van der Waals surface area contributed by atoms with Gasteiger partial charge in [-0.1, -0.05) is 13.8 Å². The Balaban J connectivity index is 3.23. The second kappa shape index (κ2) is 6.61. The van der Waals surface area contributed by atoms with Gasteiger partial charge in [-0.3, -0.25) is 5.32 Å². The van der Waals surface area contributed by atoms with Crippen LogP contribution in [0.4, 0.5) is 0 Å². The molecule has 0 radical (unpaired) electrons. The van der Waals surface area contributed by atoms with E-state index in [1.807, 2.05) is 13.8 Å². The largest absolute Gasteiger partial charge is 0.497 e. The molecule has 1 aromatic rings. The van der Waals surface area contributed by atoms with Crippen LogP contribution in [0.2, 0.25) is 0 Å². The first-order valence-corrected chi connectivity index (χ1v) is 6.56. The van der Waals surface area contributed by atoms with Gasteiger partial charge in [-0.05, 0) is 31.5 Å². The standard InChI is InChI=1S/C15H23NO4/c1-10(2)9-16-15(3,14(17)18)12-7-6-11(19-4)8-13(12)20-5/h6-8,10,16H,9H2,1-5H3,(H,17,18). The fraction of sp³-hybridized carbons (Fsp3) is 0.533. The van der Waals surface area contributed by atoms with Crippen molar-refractivity contribution in [2.45, 2.75) is 26.3 Å². The quantitative estimate of drug-likeness (QED) is 0.802. The molecule has 20 heavy (non-hydrogen) atoms. The molecule has 0 aliphatic rings. The van der Waals surface area contributed by atoms with Gasteiger partial charge in [-0.25, -0.2) is 4.79 Å². The van der Waals surface area contributed by atoms with Crippen LogP contribution in [0.25, 0.3) is 0 Å². The van der Waals surface area contributed by atoms with Crippen molar-refractivity contribution in [2.24, 2.45) is 5.92 Å². The zero-order valence-electron chi connectivity index (χ0n) is 12.7. The molecule has 0 bridgehead atoms. The number of methoxy groups -OCH3 is 2. The highest BCUT2D eigenvalue weighted by Gasteiger charge is 2.37. The smallest absolute Gasteiger partial charge is 0.328 e. The molecular weight excluding hydrogens is 258 g/mol. The maximum absolute atomic E-state index is 11.7. The van der Waals surface area contributed by atoms with Crippen molar-refractivity contribution in [1.82, 2.24) is 5.32 Å². The van der Waals surface area contributed by atoms with E-state index >= 15 is 0 Å². The molecule has 0 amide bonds. The lowest BCUT2D eigenvalue weighted by atomic mass is 9.90. The predicted molar refractivity (Wildman–Crippen MR) is 77.4 cm³/mol. The number of rotatable bonds is 7. The van der Waals surface area contributed by atoms with Crippen LogP contribution in [-0.2, 0) is 10.3 Å². The number of carboxylic acids is 1. The van der Waals surface area contributed by atoms with E-state index in [1.165, 1.54) is 7.11 Å². The van der Waals surface area contributed by atoms with Gasteiger partial charge in [0.25, 0.3) is 0 Å². The van der Waals surface area contributed by atoms with E-state index < -0.39 is 11.5 Å². The van der Waals surface area contributed by atoms with E-state index in [1.54, 1.807) is 32.2 Å². The molecule has 5 nitrogen and oxygen atoms in total. The lowest BCUT2D eigenvalue weighted by Gasteiger charge is -2.29. The lowest BCUT2D eigenvalue weighted by molar-refractivity contribution is -0.144. The first kappa shape index (κ1) is 16.3. The van der Waals surface area contributed by atoms with Crippen LogP contribution in [0, 0.1) is 5.92 Å². The summed E-state index contributed by atoms with van der Waals surface area (Å²) < 4.78 is 10.4. The van der Waals surface area contributed by atoms with Crippen molar-refractivity contribution in [3.63, 3.8) is 0 Å². The van der Waals surface area contributed by atoms with Gasteiger partial charge >= 0.3 is 5.97 Å². The fourth-order valence-corrected chi connectivity index (χ4v) is 1.91. The molecule has 1 unspecified atom stereocenters. The van der Waals surface area contributed by atoms with Crippen LogP contribution in [0.1, 0.15) is 26.3 Å². The van der Waals surface area contributed by atoms with E-state index in [0.29, 0.717) is 29.5 Å². The topological polar surface area (TPSA) is 67.8 Å². The molecule has 1 aromatic carbocycles. The number of ether oxygens (including phenoxy) is 2. The van der Waals surface area contributed by atoms with Crippen molar-refractivity contribution in [1.29, 1.82) is 0 Å². The summed E-state index contributed by atoms with van der Waals surface area (Å²) >= 11 is 0. The SMILES string of the molecule is COc1ccc(C(C)(NCC(C)C)C(=O)O)c(OC)c1. The Morgan fingerprint density at radius 3 is 2.45 bits per heavy atom. The molecular formula is C15H23NO4. The molecule has 0 spiro atoms. The summed E-state index contributed by atoms with van der Waals surface area (Å²) in [5.41, 5.74) is -0.629. The minimum atomic E-state index is -1.21. The maximum Gasteiger partial charge on any atom is 0.328 e. The molecule has 0 heterocycles. The number of carboxylic acid groups (broad SMARTS) is 1. The number of nitrogens with one attached hydrogen (secondary N) is 1. The first-order chi connectivity index (χ1) is 9.35. The van der Waals surface area contributed by atoms with E-state index in [0.717, 1.165) is 0 Å². The number of hydrogen-bond acceptors (Lipinski definition) is 4. The van der Waals surface area contributed by atoms with Crippen LogP contribution in [-0.4, -0.2) is 31.8 Å². The van der Waals surface area contributed by atoms with Crippen molar-refractivity contribution < 1.29 is 19.4 Å². The van der Waals surface area contributed by atoms with Crippen LogP contribution in [0.15, 0.2) is 18.2 Å². The summed E-state index contributed by atoms with van der Waals surface area (Å²) in [6, 6.07) is 5.14. The summed E-state index contributed by atoms with van der Waals surface area (Å²) in [6.07, 6.45) is 0. The highest BCUT2D eigenvalue weighted by atomic mass is 16.5. The van der Waals surface area contributed by atoms with E-state index in [9.17, 15) is 9.90 Å². The first-order valence-electron chi connectivity index (χ1n) is 6.56. The monoisotopic (exact) mass is 281 g/mol. The second-order valence-corrected chi connectivity index (χ2v) is 5.27. The maximum atomic E-state index is 11.7. The summed E-state index contributed by atoms with van der Waals surface area (Å²) in [5.74, 6) is 0.521. The van der Waals surface area contributed by atoms with Gasteiger partial charge in [-0.15, -0.1) is 0 Å². The highest BCUT2D eigenvalue weighted by Crippen LogP contribution is 2.33. The molecule has 0 saturated carbocycles. The van der Waals surface area contributed by atoms with Crippen molar-refractivity contribution >= 4 is 5.97 Å². The molecule has 112 valence electrons. The summed E-state index contributed by atoms with van der Waals surface area (Å²) in [4.78, 5) is 11.7. The number of carbonyl (C=O) groups is 1. The summed E-state index contributed by atoms with van der Waals surface area (Å²) in [7, 11) is 3.07. The van der Waals surface area contributed by atoms with Gasteiger partial charge in [0.15, 0.2) is 0 Å². The molecule has 0 fully saturated rings. The molecule has 0 aliphatic heterocycles. The average molecular weight is 281 g/mol. The molecule has 1 atom stereocenters. The average Bonchev–Trinajstić information content (AvgIpc) is 2.43. The summed E-state index contributed by atoms with van der Waals surface area (Å²) in [6.45, 7) is 6.29. The van der Waals surface area contributed by atoms with Crippen LogP contribution in [0.3, 0.4) is 0 Å². The summed E-state index contributed by atoms with van der Waals surface area (Å²) in [5, 5.41) is 12.7. The predicted octanol–water partition coefficient (Wildman–Crippen LogP) is 2.25. The Morgan fingerprint density at radius 1 is 1.35 bits per heavy atom. The van der Waals surface area contributed by atoms with Gasteiger partial charge < -0.3 is 14.6 Å². The highest BCUT2D eigenvalue weighted by molar-refractivity contribution is 5.81. The van der Waals surface area contributed by atoms with Gasteiger partial charge in [0, 0.05) is 11.6 Å². The zero-order chi connectivity index (χ0) is 15.3. The van der Waals surface area contributed by atoms with E-state index in [2.05, 4.69) is 5.32 Å². The van der Waals surface area contributed by atoms with E-state index in [4.69, 9.17) is 9.47 Å². The minimum absolute atomic E-state index is 0.345. The zero-order valence-corrected chi connectivity index (χ0v) is 12.7. The Morgan fingerprint density at radius 2 is 2.00 bits per heavy atom. The van der Waals surface area contributed by atoms with Crippen LogP contribution in [0.5, 0.6) is 11.5 Å². The third kappa shape index (κ3) is 3.42. The second-order valence-electron chi connectivity index (χ2n) is 5.27. The molecule has 0 aromatic heterocycles. The van der Waals surface area contributed by atoms with Crippen molar-refractivity contribution in [2.75, 3.05) is 20.8 Å². The third-order valence-electron chi connectivity index (χ3n) is 3.24. The number of benzene rings is 1. The molecule has 0 saturated heterocycles. The Hall–Kier alpha value is -1.75. The van der Waals surface area contributed by atoms with Gasteiger partial charge in [0.1, 0.15) is 17.0 Å². The normalized spacial score (nSPS) is 13.9. The van der Waals surface area contributed by atoms with Crippen LogP contribution < -0.4 is 14.8 Å². The Labute approximate surface area is 119 Å². The third-order valence-corrected chi connectivity index (χ3v) is 3.24. The fourth-order valence-electron chi connectivity index (χ4n) is 1.91. The lowest BCUT2D eigenvalue weighted by Crippen LogP contribution is -2.48. The molecule has 1 rings (SSSR count). The minimum Gasteiger partial charge on any atom is -0.497 e. The van der Waals surface area contributed by atoms with Crippen LogP contribution >= 0.6 is 0 Å². The van der Waals surface area contributed by atoms with Gasteiger partial charge in [0.05, 0.1) is 14.2 Å². The number of hydrogen-bond donors (Lipinski definition) is 2. The Bertz CT molecular complexity index is 473.